The Morgan fingerprint density at radius 3 is 2.10 bits per heavy atom. The molecule has 0 radical (unpaired) electrons. The van der Waals surface area contributed by atoms with Gasteiger partial charge in [-0.05, 0) is 11.8 Å². The molecule has 0 aliphatic carbocycles. The van der Waals surface area contributed by atoms with Crippen molar-refractivity contribution in [2.45, 2.75) is 19.9 Å². The fraction of sp³-hybridized carbons (Fsp3) is 1.00. The largest absolute Gasteiger partial charge is 0.327 e. The van der Waals surface area contributed by atoms with E-state index in [1.807, 2.05) is 0 Å². The molecule has 1 aliphatic heterocycles. The molecule has 2 atom stereocenters. The molecule has 3 heteroatoms. The fourth-order valence-electron chi connectivity index (χ4n) is 1.50. The van der Waals surface area contributed by atoms with Crippen LogP contribution in [0, 0.1) is 11.8 Å². The van der Waals surface area contributed by atoms with Crippen molar-refractivity contribution in [3.8, 4) is 0 Å². The summed E-state index contributed by atoms with van der Waals surface area (Å²) in [6.45, 7) is 6.75. The molecule has 1 rings (SSSR count). The second-order valence-electron chi connectivity index (χ2n) is 3.36. The van der Waals surface area contributed by atoms with Gasteiger partial charge in [0, 0.05) is 42.0 Å². The predicted molar refractivity (Wildman–Crippen MR) is 51.9 cm³/mol. The van der Waals surface area contributed by atoms with Gasteiger partial charge in [-0.3, -0.25) is 0 Å². The van der Waals surface area contributed by atoms with E-state index in [4.69, 9.17) is 5.73 Å². The summed E-state index contributed by atoms with van der Waals surface area (Å²) >= 11 is 2.37. The highest BCUT2D eigenvalue weighted by Crippen LogP contribution is 2.22. The average molecular weight is 254 g/mol. The Hall–Kier alpha value is 0.650. The van der Waals surface area contributed by atoms with Crippen LogP contribution in [0.25, 0.3) is 0 Å². The number of halogens is 1. The molecule has 1 heterocycles. The number of rotatable bonds is 0. The number of hydrogen-bond donors (Lipinski definition) is 1. The number of nitrogens with two attached hydrogens (primary N) is 1. The van der Waals surface area contributed by atoms with Gasteiger partial charge in [0.2, 0.25) is 0 Å². The van der Waals surface area contributed by atoms with Crippen LogP contribution < -0.4 is 5.73 Å². The number of piperidine rings is 1. The normalized spacial score (nSPS) is 43.8. The molecule has 0 aromatic rings. The van der Waals surface area contributed by atoms with Crippen LogP contribution in [0.4, 0.5) is 0 Å². The molecule has 1 saturated heterocycles. The van der Waals surface area contributed by atoms with E-state index in [2.05, 4.69) is 39.8 Å². The lowest BCUT2D eigenvalue weighted by molar-refractivity contribution is 0.214. The van der Waals surface area contributed by atoms with E-state index in [0.29, 0.717) is 17.9 Å². The van der Waals surface area contributed by atoms with E-state index in [1.54, 1.807) is 0 Å². The smallest absolute Gasteiger partial charge is 0.0201 e. The minimum Gasteiger partial charge on any atom is -0.327 e. The summed E-state index contributed by atoms with van der Waals surface area (Å²) in [7, 11) is 0. The fourth-order valence-corrected chi connectivity index (χ4v) is 2.75. The first-order valence-corrected chi connectivity index (χ1v) is 4.74. The van der Waals surface area contributed by atoms with Crippen molar-refractivity contribution in [1.29, 1.82) is 0 Å². The van der Waals surface area contributed by atoms with E-state index >= 15 is 0 Å². The highest BCUT2D eigenvalue weighted by Gasteiger charge is 2.27. The highest BCUT2D eigenvalue weighted by atomic mass is 127. The second-order valence-corrected chi connectivity index (χ2v) is 4.72. The summed E-state index contributed by atoms with van der Waals surface area (Å²) in [5.74, 6) is 1.31. The van der Waals surface area contributed by atoms with Crippen LogP contribution >= 0.6 is 22.9 Å². The Labute approximate surface area is 76.6 Å². The summed E-state index contributed by atoms with van der Waals surface area (Å²) in [6, 6.07) is 0.408. The van der Waals surface area contributed by atoms with Gasteiger partial charge >= 0.3 is 0 Å². The standard InChI is InChI=1S/C7H15IN2/c1-5-3-10(8)4-6(2)7(5)9/h5-7H,3-4,9H2,1-2H3. The Balaban J connectivity index is 2.49. The molecule has 2 nitrogen and oxygen atoms in total. The maximum atomic E-state index is 5.95. The minimum atomic E-state index is 0.408. The van der Waals surface area contributed by atoms with Gasteiger partial charge in [0.15, 0.2) is 0 Å². The molecule has 0 aromatic carbocycles. The van der Waals surface area contributed by atoms with Gasteiger partial charge in [0.25, 0.3) is 0 Å². The monoisotopic (exact) mass is 254 g/mol. The Morgan fingerprint density at radius 2 is 1.70 bits per heavy atom. The van der Waals surface area contributed by atoms with E-state index in [1.165, 1.54) is 0 Å². The third-order valence-corrected chi connectivity index (χ3v) is 3.07. The van der Waals surface area contributed by atoms with Crippen molar-refractivity contribution in [2.24, 2.45) is 17.6 Å². The van der Waals surface area contributed by atoms with Gasteiger partial charge in [0.1, 0.15) is 0 Å². The van der Waals surface area contributed by atoms with Gasteiger partial charge in [-0.15, -0.1) is 0 Å². The van der Waals surface area contributed by atoms with Crippen LogP contribution in [0.1, 0.15) is 13.8 Å². The third kappa shape index (κ3) is 1.83. The molecule has 60 valence electrons. The molecule has 10 heavy (non-hydrogen) atoms. The molecule has 2 N–H and O–H groups in total. The molecule has 1 fully saturated rings. The van der Waals surface area contributed by atoms with Crippen LogP contribution in [0.3, 0.4) is 0 Å². The SMILES string of the molecule is CC1CN(I)CC(C)C1N. The quantitative estimate of drug-likeness (QED) is 0.520. The van der Waals surface area contributed by atoms with E-state index in [9.17, 15) is 0 Å². The van der Waals surface area contributed by atoms with Gasteiger partial charge in [-0.2, -0.15) is 0 Å². The maximum absolute atomic E-state index is 5.95. The number of hydrogen-bond acceptors (Lipinski definition) is 2. The highest BCUT2D eigenvalue weighted by molar-refractivity contribution is 14.1. The lowest BCUT2D eigenvalue weighted by atomic mass is 9.88. The molecule has 0 spiro atoms. The number of nitrogens with zero attached hydrogens (tertiary/aromatic N) is 1. The second kappa shape index (κ2) is 3.36. The Bertz CT molecular complexity index is 106. The zero-order valence-corrected chi connectivity index (χ0v) is 8.71. The van der Waals surface area contributed by atoms with Gasteiger partial charge < -0.3 is 5.73 Å². The lowest BCUT2D eigenvalue weighted by Gasteiger charge is -2.36. The van der Waals surface area contributed by atoms with E-state index in [-0.39, 0.29) is 0 Å². The molecule has 2 unspecified atom stereocenters. The maximum Gasteiger partial charge on any atom is 0.0201 e. The summed E-state index contributed by atoms with van der Waals surface area (Å²) in [6.07, 6.45) is 0. The van der Waals surface area contributed by atoms with Crippen molar-refractivity contribution in [1.82, 2.24) is 3.11 Å². The summed E-state index contributed by atoms with van der Waals surface area (Å²) in [4.78, 5) is 0. The van der Waals surface area contributed by atoms with Crippen molar-refractivity contribution in [2.75, 3.05) is 13.1 Å². The van der Waals surface area contributed by atoms with Gasteiger partial charge in [-0.1, -0.05) is 13.8 Å². The predicted octanol–water partition coefficient (Wildman–Crippen LogP) is 1.25. The first-order valence-electron chi connectivity index (χ1n) is 3.77. The minimum absolute atomic E-state index is 0.408. The lowest BCUT2D eigenvalue weighted by Crippen LogP contribution is -2.48. The molecule has 0 bridgehead atoms. The van der Waals surface area contributed by atoms with Crippen LogP contribution in [0.5, 0.6) is 0 Å². The first kappa shape index (κ1) is 8.74. The molecule has 0 saturated carbocycles. The van der Waals surface area contributed by atoms with Crippen LogP contribution in [-0.4, -0.2) is 22.2 Å². The molecular formula is C7H15IN2. The van der Waals surface area contributed by atoms with Crippen molar-refractivity contribution in [3.05, 3.63) is 0 Å². The van der Waals surface area contributed by atoms with E-state index < -0.39 is 0 Å². The third-order valence-electron chi connectivity index (χ3n) is 2.29. The molecule has 0 amide bonds. The summed E-state index contributed by atoms with van der Waals surface area (Å²) in [5.41, 5.74) is 5.95. The summed E-state index contributed by atoms with van der Waals surface area (Å²) in [5, 5.41) is 0. The van der Waals surface area contributed by atoms with Crippen molar-refractivity contribution < 1.29 is 0 Å². The Kier molecular flexibility index (Phi) is 2.94. The van der Waals surface area contributed by atoms with Crippen LogP contribution in [0.2, 0.25) is 0 Å². The molecular weight excluding hydrogens is 239 g/mol. The van der Waals surface area contributed by atoms with Crippen LogP contribution in [-0.2, 0) is 0 Å². The van der Waals surface area contributed by atoms with E-state index in [0.717, 1.165) is 13.1 Å². The van der Waals surface area contributed by atoms with Crippen molar-refractivity contribution >= 4 is 22.9 Å². The van der Waals surface area contributed by atoms with Crippen molar-refractivity contribution in [3.63, 3.8) is 0 Å². The van der Waals surface area contributed by atoms with Gasteiger partial charge in [0.05, 0.1) is 0 Å². The Morgan fingerprint density at radius 1 is 1.30 bits per heavy atom. The average Bonchev–Trinajstić information content (AvgIpc) is 1.82. The zero-order chi connectivity index (χ0) is 7.72. The first-order chi connectivity index (χ1) is 4.61. The topological polar surface area (TPSA) is 29.3 Å². The van der Waals surface area contributed by atoms with Crippen LogP contribution in [0.15, 0.2) is 0 Å². The van der Waals surface area contributed by atoms with Gasteiger partial charge in [-0.25, -0.2) is 3.11 Å². The molecule has 0 aromatic heterocycles. The molecule has 1 aliphatic rings. The summed E-state index contributed by atoms with van der Waals surface area (Å²) < 4.78 is 2.33. The zero-order valence-electron chi connectivity index (χ0n) is 6.55.